The summed E-state index contributed by atoms with van der Waals surface area (Å²) in [7, 11) is 1.62. The van der Waals surface area contributed by atoms with Crippen molar-refractivity contribution in [2.24, 2.45) is 5.10 Å². The second-order valence-corrected chi connectivity index (χ2v) is 9.41. The molecule has 8 nitrogen and oxygen atoms in total. The summed E-state index contributed by atoms with van der Waals surface area (Å²) in [5.41, 5.74) is 2.09. The number of carbonyl (C=O) groups excluding carboxylic acids is 2. The van der Waals surface area contributed by atoms with Crippen LogP contribution in [0.5, 0.6) is 11.5 Å². The molecule has 0 fully saturated rings. The normalized spacial score (nSPS) is 14.8. The molecule has 0 saturated carbocycles. The van der Waals surface area contributed by atoms with Crippen LogP contribution in [0.25, 0.3) is 0 Å². The van der Waals surface area contributed by atoms with Crippen molar-refractivity contribution in [2.45, 2.75) is 30.9 Å². The number of hydrogen-bond acceptors (Lipinski definition) is 8. The third-order valence-corrected chi connectivity index (χ3v) is 6.48. The number of benzene rings is 2. The number of aromatic nitrogens is 1. The largest absolute Gasteiger partial charge is 0.496 e. The number of nitrogens with zero attached hydrogens (tertiary/aromatic N) is 3. The Bertz CT molecular complexity index is 1290. The number of esters is 1. The van der Waals surface area contributed by atoms with E-state index in [0.717, 1.165) is 20.8 Å². The Labute approximate surface area is 215 Å². The molecule has 35 heavy (non-hydrogen) atoms. The number of amides is 1. The van der Waals surface area contributed by atoms with Gasteiger partial charge in [0.25, 0.3) is 0 Å². The monoisotopic (exact) mass is 555 g/mol. The molecule has 0 saturated heterocycles. The molecule has 1 aromatic heterocycles. The van der Waals surface area contributed by atoms with Gasteiger partial charge in [0.2, 0.25) is 18.0 Å². The highest BCUT2D eigenvalue weighted by Gasteiger charge is 2.35. The number of thioether (sulfide) groups is 1. The van der Waals surface area contributed by atoms with Gasteiger partial charge in [-0.3, -0.25) is 9.59 Å². The van der Waals surface area contributed by atoms with Crippen LogP contribution in [0.1, 0.15) is 36.8 Å². The predicted octanol–water partition coefficient (Wildman–Crippen LogP) is 5.31. The Morgan fingerprint density at radius 3 is 2.60 bits per heavy atom. The van der Waals surface area contributed by atoms with Crippen LogP contribution in [0.4, 0.5) is 0 Å². The summed E-state index contributed by atoms with van der Waals surface area (Å²) < 4.78 is 17.8. The number of carbonyl (C=O) groups is 2. The Morgan fingerprint density at radius 2 is 1.91 bits per heavy atom. The van der Waals surface area contributed by atoms with Crippen molar-refractivity contribution in [3.05, 3.63) is 82.0 Å². The van der Waals surface area contributed by atoms with Crippen molar-refractivity contribution in [1.82, 2.24) is 9.99 Å². The number of hydrazone groups is 1. The molecule has 0 aliphatic carbocycles. The van der Waals surface area contributed by atoms with Crippen LogP contribution >= 0.6 is 27.7 Å². The summed E-state index contributed by atoms with van der Waals surface area (Å²) in [6.07, 6.45) is 0.849. The molecule has 1 aliphatic heterocycles. The van der Waals surface area contributed by atoms with Crippen LogP contribution in [0, 0.1) is 0 Å². The van der Waals surface area contributed by atoms with E-state index < -0.39 is 12.2 Å². The van der Waals surface area contributed by atoms with E-state index in [-0.39, 0.29) is 17.6 Å². The summed E-state index contributed by atoms with van der Waals surface area (Å²) in [5.74, 6) is 1.09. The fourth-order valence-corrected chi connectivity index (χ4v) is 4.67. The molecule has 4 rings (SSSR count). The van der Waals surface area contributed by atoms with Crippen molar-refractivity contribution in [3.8, 4) is 11.5 Å². The van der Waals surface area contributed by atoms with Gasteiger partial charge in [0, 0.05) is 41.4 Å². The van der Waals surface area contributed by atoms with Gasteiger partial charge < -0.3 is 14.2 Å². The highest BCUT2D eigenvalue weighted by molar-refractivity contribution is 9.10. The van der Waals surface area contributed by atoms with Crippen LogP contribution in [0.2, 0.25) is 0 Å². The number of halogens is 1. The lowest BCUT2D eigenvalue weighted by atomic mass is 10.1. The van der Waals surface area contributed by atoms with Crippen molar-refractivity contribution in [1.29, 1.82) is 0 Å². The van der Waals surface area contributed by atoms with Crippen molar-refractivity contribution in [3.63, 3.8) is 0 Å². The number of pyridine rings is 1. The third-order valence-electron chi connectivity index (χ3n) is 5.00. The Kier molecular flexibility index (Phi) is 7.72. The molecule has 1 aliphatic rings. The summed E-state index contributed by atoms with van der Waals surface area (Å²) in [6, 6.07) is 16.4. The zero-order valence-electron chi connectivity index (χ0n) is 19.2. The van der Waals surface area contributed by atoms with Gasteiger partial charge in [-0.05, 0) is 48.5 Å². The molecular formula is C25H22BrN3O5S. The molecule has 0 bridgehead atoms. The molecule has 3 aromatic rings. The minimum atomic E-state index is -0.900. The fraction of sp³-hybridized carbons (Fsp3) is 0.200. The van der Waals surface area contributed by atoms with Gasteiger partial charge in [0.05, 0.1) is 17.7 Å². The van der Waals surface area contributed by atoms with Crippen LogP contribution in [-0.2, 0) is 20.1 Å². The SMILES string of the molecule is COc1ccc(C2=NN(C(C)=O)[C@@H](c3cc(Br)ccc3OC(C)=O)O2)cc1CSc1ccccn1. The lowest BCUT2D eigenvalue weighted by molar-refractivity contribution is -0.135. The van der Waals surface area contributed by atoms with Gasteiger partial charge in [-0.1, -0.05) is 22.0 Å². The van der Waals surface area contributed by atoms with Crippen LogP contribution in [0.15, 0.2) is 75.4 Å². The maximum atomic E-state index is 12.4. The summed E-state index contributed by atoms with van der Waals surface area (Å²) in [4.78, 5) is 28.4. The Hall–Kier alpha value is -3.37. The molecule has 0 radical (unpaired) electrons. The second-order valence-electron chi connectivity index (χ2n) is 7.50. The van der Waals surface area contributed by atoms with E-state index in [9.17, 15) is 9.59 Å². The first kappa shape index (κ1) is 24.7. The van der Waals surface area contributed by atoms with E-state index in [4.69, 9.17) is 14.2 Å². The lowest BCUT2D eigenvalue weighted by Gasteiger charge is -2.21. The van der Waals surface area contributed by atoms with Crippen molar-refractivity contribution < 1.29 is 23.8 Å². The van der Waals surface area contributed by atoms with Crippen LogP contribution in [0.3, 0.4) is 0 Å². The van der Waals surface area contributed by atoms with E-state index in [1.54, 1.807) is 43.3 Å². The van der Waals surface area contributed by atoms with E-state index in [1.165, 1.54) is 18.9 Å². The average molecular weight is 556 g/mol. The second kappa shape index (κ2) is 10.9. The first-order chi connectivity index (χ1) is 16.9. The first-order valence-corrected chi connectivity index (χ1v) is 12.4. The highest BCUT2D eigenvalue weighted by atomic mass is 79.9. The molecule has 1 atom stereocenters. The molecule has 0 N–H and O–H groups in total. The van der Waals surface area contributed by atoms with Gasteiger partial charge in [0.1, 0.15) is 11.5 Å². The molecule has 0 unspecified atom stereocenters. The smallest absolute Gasteiger partial charge is 0.308 e. The molecule has 2 heterocycles. The maximum Gasteiger partial charge on any atom is 0.308 e. The Morgan fingerprint density at radius 1 is 1.11 bits per heavy atom. The van der Waals surface area contributed by atoms with Crippen LogP contribution in [-0.4, -0.2) is 34.9 Å². The van der Waals surface area contributed by atoms with Gasteiger partial charge >= 0.3 is 5.97 Å². The van der Waals surface area contributed by atoms with Crippen LogP contribution < -0.4 is 9.47 Å². The van der Waals surface area contributed by atoms with Crippen molar-refractivity contribution in [2.75, 3.05) is 7.11 Å². The van der Waals surface area contributed by atoms with E-state index in [2.05, 4.69) is 26.0 Å². The number of hydrogen-bond donors (Lipinski definition) is 0. The van der Waals surface area contributed by atoms with E-state index in [1.807, 2.05) is 36.4 Å². The van der Waals surface area contributed by atoms with E-state index >= 15 is 0 Å². The number of ether oxygens (including phenoxy) is 3. The quantitative estimate of drug-likeness (QED) is 0.221. The average Bonchev–Trinajstić information content (AvgIpc) is 3.30. The summed E-state index contributed by atoms with van der Waals surface area (Å²) in [6.45, 7) is 2.71. The van der Waals surface area contributed by atoms with Gasteiger partial charge in [0.15, 0.2) is 0 Å². The van der Waals surface area contributed by atoms with Gasteiger partial charge in [-0.25, -0.2) is 4.98 Å². The highest BCUT2D eigenvalue weighted by Crippen LogP contribution is 2.38. The molecule has 2 aromatic carbocycles. The van der Waals surface area contributed by atoms with Crippen molar-refractivity contribution >= 4 is 45.5 Å². The lowest BCUT2D eigenvalue weighted by Crippen LogP contribution is -2.26. The van der Waals surface area contributed by atoms with Gasteiger partial charge in [-0.15, -0.1) is 16.9 Å². The summed E-state index contributed by atoms with van der Waals surface area (Å²) in [5, 5.41) is 6.57. The minimum absolute atomic E-state index is 0.269. The fourth-order valence-electron chi connectivity index (χ4n) is 3.45. The predicted molar refractivity (Wildman–Crippen MR) is 135 cm³/mol. The standard InChI is InChI=1S/C25H22BrN3O5S/c1-15(30)29-25(20-13-19(26)8-10-22(20)33-16(2)31)34-24(28-29)17-7-9-21(32-3)18(12-17)14-35-23-6-4-5-11-27-23/h4-13,25H,14H2,1-3H3/t25-/m1/s1. The molecular weight excluding hydrogens is 534 g/mol. The van der Waals surface area contributed by atoms with Gasteiger partial charge in [-0.2, -0.15) is 5.01 Å². The van der Waals surface area contributed by atoms with E-state index in [0.29, 0.717) is 16.9 Å². The molecule has 10 heteroatoms. The molecule has 0 spiro atoms. The number of rotatable bonds is 7. The summed E-state index contributed by atoms with van der Waals surface area (Å²) >= 11 is 5.01. The maximum absolute atomic E-state index is 12.4. The first-order valence-electron chi connectivity index (χ1n) is 10.6. The Balaban J connectivity index is 1.65. The third kappa shape index (κ3) is 5.83. The zero-order chi connectivity index (χ0) is 24.9. The zero-order valence-corrected chi connectivity index (χ0v) is 21.6. The molecule has 1 amide bonds. The number of methoxy groups -OCH3 is 1. The topological polar surface area (TPSA) is 90.3 Å². The minimum Gasteiger partial charge on any atom is -0.496 e. The molecule has 180 valence electrons.